The van der Waals surface area contributed by atoms with Crippen molar-refractivity contribution in [2.24, 2.45) is 5.73 Å². The molecule has 5 N–H and O–H groups in total. The van der Waals surface area contributed by atoms with Gasteiger partial charge in [-0.25, -0.2) is 8.42 Å². The van der Waals surface area contributed by atoms with Gasteiger partial charge in [0.25, 0.3) is 11.8 Å². The minimum atomic E-state index is -3.72. The number of hydrogen-bond donors (Lipinski definition) is 4. The lowest BCUT2D eigenvalue weighted by Gasteiger charge is -2.23. The molecule has 1 heterocycles. The third-order valence-corrected chi connectivity index (χ3v) is 7.73. The summed E-state index contributed by atoms with van der Waals surface area (Å²) >= 11 is 6.32. The van der Waals surface area contributed by atoms with Crippen LogP contribution in [0.4, 0.5) is 5.69 Å². The van der Waals surface area contributed by atoms with Crippen molar-refractivity contribution in [2.45, 2.75) is 19.6 Å². The Morgan fingerprint density at radius 1 is 0.955 bits per heavy atom. The number of nitrogens with one attached hydrogen (secondary N) is 3. The second-order valence-electron chi connectivity index (χ2n) is 9.76. The van der Waals surface area contributed by atoms with Gasteiger partial charge in [-0.05, 0) is 42.0 Å². The molecule has 0 unspecified atom stereocenters. The average Bonchev–Trinajstić information content (AvgIpc) is 3.00. The molecule has 0 fully saturated rings. The number of carbonyl (C=O) groups is 2. The van der Waals surface area contributed by atoms with Crippen LogP contribution in [0, 0.1) is 5.41 Å². The van der Waals surface area contributed by atoms with Gasteiger partial charge in [-0.3, -0.25) is 24.3 Å². The summed E-state index contributed by atoms with van der Waals surface area (Å²) in [5.74, 6) is -0.848. The molecule has 11 nitrogen and oxygen atoms in total. The number of anilines is 1. The number of halogens is 1. The third kappa shape index (κ3) is 9.03. The quantitative estimate of drug-likeness (QED) is 0.129. The minimum Gasteiger partial charge on any atom is -0.483 e. The molecule has 2 amide bonds. The van der Waals surface area contributed by atoms with Crippen LogP contribution in [0.15, 0.2) is 91.1 Å². The monoisotopic (exact) mass is 634 g/mol. The van der Waals surface area contributed by atoms with Gasteiger partial charge in [0.2, 0.25) is 10.0 Å². The highest BCUT2D eigenvalue weighted by Gasteiger charge is 2.21. The zero-order valence-electron chi connectivity index (χ0n) is 23.8. The van der Waals surface area contributed by atoms with E-state index in [0.29, 0.717) is 16.8 Å². The topological polar surface area (TPSA) is 168 Å². The molecule has 4 rings (SSSR count). The van der Waals surface area contributed by atoms with Crippen molar-refractivity contribution in [1.82, 2.24) is 15.6 Å². The van der Waals surface area contributed by atoms with E-state index in [1.165, 1.54) is 28.6 Å². The maximum atomic E-state index is 13.2. The van der Waals surface area contributed by atoms with E-state index < -0.39 is 21.8 Å². The first kappa shape index (κ1) is 32.0. The van der Waals surface area contributed by atoms with E-state index in [4.69, 9.17) is 27.5 Å². The number of pyridine rings is 1. The van der Waals surface area contributed by atoms with Crippen LogP contribution in [-0.2, 0) is 34.5 Å². The molecule has 13 heteroatoms. The normalized spacial score (nSPS) is 11.0. The molecule has 0 radical (unpaired) electrons. The van der Waals surface area contributed by atoms with Crippen LogP contribution in [-0.4, -0.2) is 43.9 Å². The number of sulfonamides is 1. The first-order valence-electron chi connectivity index (χ1n) is 13.4. The molecule has 3 aromatic carbocycles. The fourth-order valence-electron chi connectivity index (χ4n) is 4.16. The lowest BCUT2D eigenvalue weighted by molar-refractivity contribution is -0.123. The molecule has 0 aliphatic rings. The number of ether oxygens (including phenoxy) is 1. The lowest BCUT2D eigenvalue weighted by atomic mass is 10.1. The van der Waals surface area contributed by atoms with E-state index in [2.05, 4.69) is 15.6 Å². The Hall–Kier alpha value is -4.94. The molecule has 44 heavy (non-hydrogen) atoms. The SMILES string of the molecule is CS(=O)(=O)N(Cc1ccccc1)c1cc(Cl)cc(C(=O)NCc2ccc(C(=N)N)cc2OCC(=O)NCc2ccccn2)c1. The Bertz CT molecular complexity index is 1750. The molecule has 228 valence electrons. The van der Waals surface area contributed by atoms with Crippen LogP contribution in [0.2, 0.25) is 5.02 Å². The Morgan fingerprint density at radius 2 is 1.70 bits per heavy atom. The van der Waals surface area contributed by atoms with Crippen molar-refractivity contribution in [2.75, 3.05) is 17.2 Å². The lowest BCUT2D eigenvalue weighted by Crippen LogP contribution is -2.30. The van der Waals surface area contributed by atoms with Gasteiger partial charge in [0.1, 0.15) is 11.6 Å². The highest BCUT2D eigenvalue weighted by molar-refractivity contribution is 7.92. The van der Waals surface area contributed by atoms with Crippen molar-refractivity contribution < 1.29 is 22.7 Å². The Balaban J connectivity index is 1.48. The highest BCUT2D eigenvalue weighted by atomic mass is 35.5. The molecule has 4 aromatic rings. The fraction of sp³-hybridized carbons (Fsp3) is 0.161. The fourth-order valence-corrected chi connectivity index (χ4v) is 5.27. The van der Waals surface area contributed by atoms with E-state index in [0.717, 1.165) is 11.8 Å². The summed E-state index contributed by atoms with van der Waals surface area (Å²) in [5.41, 5.74) is 8.37. The number of aromatic nitrogens is 1. The Morgan fingerprint density at radius 3 is 2.39 bits per heavy atom. The van der Waals surface area contributed by atoms with E-state index in [9.17, 15) is 18.0 Å². The predicted octanol–water partition coefficient (Wildman–Crippen LogP) is 3.61. The largest absolute Gasteiger partial charge is 0.483 e. The molecule has 0 saturated carbocycles. The number of rotatable bonds is 13. The number of amides is 2. The molecule has 0 bridgehead atoms. The maximum absolute atomic E-state index is 13.2. The van der Waals surface area contributed by atoms with E-state index >= 15 is 0 Å². The van der Waals surface area contributed by atoms with Crippen molar-refractivity contribution in [1.29, 1.82) is 5.41 Å². The Kier molecular flexibility index (Phi) is 10.5. The van der Waals surface area contributed by atoms with Crippen molar-refractivity contribution in [3.63, 3.8) is 0 Å². The Labute approximate surface area is 260 Å². The summed E-state index contributed by atoms with van der Waals surface area (Å²) in [7, 11) is -3.72. The maximum Gasteiger partial charge on any atom is 0.258 e. The molecule has 0 saturated heterocycles. The van der Waals surface area contributed by atoms with Crippen LogP contribution in [0.5, 0.6) is 5.75 Å². The molecular weight excluding hydrogens is 604 g/mol. The predicted molar refractivity (Wildman–Crippen MR) is 169 cm³/mol. The van der Waals surface area contributed by atoms with Crippen LogP contribution in [0.1, 0.15) is 32.7 Å². The van der Waals surface area contributed by atoms with E-state index in [1.807, 2.05) is 24.3 Å². The molecule has 0 atom stereocenters. The molecule has 1 aromatic heterocycles. The highest BCUT2D eigenvalue weighted by Crippen LogP contribution is 2.27. The molecular formula is C31H31ClN6O5S. The summed E-state index contributed by atoms with van der Waals surface area (Å²) in [6.45, 7) is -0.0536. The van der Waals surface area contributed by atoms with Crippen molar-refractivity contribution in [3.8, 4) is 5.75 Å². The minimum absolute atomic E-state index is 0.0104. The summed E-state index contributed by atoms with van der Waals surface area (Å²) in [6, 6.07) is 23.5. The summed E-state index contributed by atoms with van der Waals surface area (Å²) < 4.78 is 32.3. The smallest absolute Gasteiger partial charge is 0.258 e. The van der Waals surface area contributed by atoms with Crippen LogP contribution >= 0.6 is 11.6 Å². The average molecular weight is 635 g/mol. The van der Waals surface area contributed by atoms with Gasteiger partial charge in [0.15, 0.2) is 6.61 Å². The van der Waals surface area contributed by atoms with Gasteiger partial charge < -0.3 is 21.1 Å². The number of amidine groups is 1. The first-order chi connectivity index (χ1) is 21.0. The molecule has 0 spiro atoms. The molecule has 0 aliphatic carbocycles. The standard InChI is InChI=1S/C31H31ClN6O5S/c1-44(41,42)38(19-21-7-3-2-4-8-21)27-14-24(13-25(32)16-27)31(40)37-17-23-11-10-22(30(33)34)15-28(23)43-20-29(39)36-18-26-9-5-6-12-35-26/h2-16H,17-20H2,1H3,(H3,33,34)(H,36,39)(H,37,40). The van der Waals surface area contributed by atoms with Crippen LogP contribution < -0.4 is 25.4 Å². The van der Waals surface area contributed by atoms with Gasteiger partial charge in [0, 0.05) is 34.5 Å². The third-order valence-electron chi connectivity index (χ3n) is 6.37. The van der Waals surface area contributed by atoms with Crippen LogP contribution in [0.3, 0.4) is 0 Å². The number of nitrogens with zero attached hydrogens (tertiary/aromatic N) is 2. The number of carbonyl (C=O) groups excluding carboxylic acids is 2. The number of nitrogen functional groups attached to an aromatic ring is 1. The number of nitrogens with two attached hydrogens (primary N) is 1. The van der Waals surface area contributed by atoms with Gasteiger partial charge in [-0.1, -0.05) is 60.1 Å². The van der Waals surface area contributed by atoms with Gasteiger partial charge in [0.05, 0.1) is 30.7 Å². The zero-order valence-corrected chi connectivity index (χ0v) is 25.4. The second-order valence-corrected chi connectivity index (χ2v) is 12.1. The molecule has 0 aliphatic heterocycles. The number of benzene rings is 3. The summed E-state index contributed by atoms with van der Waals surface area (Å²) in [4.78, 5) is 29.8. The zero-order chi connectivity index (χ0) is 31.7. The van der Waals surface area contributed by atoms with E-state index in [-0.39, 0.29) is 54.1 Å². The number of hydrogen-bond acceptors (Lipinski definition) is 7. The summed E-state index contributed by atoms with van der Waals surface area (Å²) in [6.07, 6.45) is 2.71. The van der Waals surface area contributed by atoms with Crippen LogP contribution in [0.25, 0.3) is 0 Å². The van der Waals surface area contributed by atoms with Crippen molar-refractivity contribution >= 4 is 45.0 Å². The van der Waals surface area contributed by atoms with Gasteiger partial charge >= 0.3 is 0 Å². The van der Waals surface area contributed by atoms with E-state index in [1.54, 1.807) is 42.6 Å². The summed E-state index contributed by atoms with van der Waals surface area (Å²) in [5, 5.41) is 13.4. The first-order valence-corrected chi connectivity index (χ1v) is 15.6. The van der Waals surface area contributed by atoms with Gasteiger partial charge in [-0.15, -0.1) is 0 Å². The van der Waals surface area contributed by atoms with Gasteiger partial charge in [-0.2, -0.15) is 0 Å². The van der Waals surface area contributed by atoms with Crippen molar-refractivity contribution in [3.05, 3.63) is 124 Å². The second kappa shape index (κ2) is 14.5.